The van der Waals surface area contributed by atoms with Gasteiger partial charge in [0.05, 0.1) is 11.9 Å². The van der Waals surface area contributed by atoms with Crippen LogP contribution in [0.25, 0.3) is 0 Å². The zero-order valence-corrected chi connectivity index (χ0v) is 12.1. The van der Waals surface area contributed by atoms with Crippen molar-refractivity contribution in [3.8, 4) is 0 Å². The Morgan fingerprint density at radius 1 is 1.29 bits per heavy atom. The van der Waals surface area contributed by atoms with Crippen LogP contribution in [0.5, 0.6) is 0 Å². The number of aryl methyl sites for hydroxylation is 2. The highest BCUT2D eigenvalue weighted by Gasteiger charge is 2.20. The lowest BCUT2D eigenvalue weighted by Gasteiger charge is -2.18. The minimum Gasteiger partial charge on any atom is -0.326 e. The first-order chi connectivity index (χ1) is 9.95. The zero-order valence-electron chi connectivity index (χ0n) is 11.3. The van der Waals surface area contributed by atoms with E-state index in [1.54, 1.807) is 25.1 Å². The molecule has 0 saturated heterocycles. The van der Waals surface area contributed by atoms with E-state index < -0.39 is 10.0 Å². The van der Waals surface area contributed by atoms with Crippen molar-refractivity contribution in [2.75, 3.05) is 10.0 Å². The molecule has 3 N–H and O–H groups in total. The van der Waals surface area contributed by atoms with Crippen molar-refractivity contribution in [1.29, 1.82) is 0 Å². The first-order valence-corrected chi connectivity index (χ1v) is 7.89. The molecule has 8 heteroatoms. The fourth-order valence-corrected chi connectivity index (χ4v) is 3.46. The molecule has 1 aromatic heterocycles. The molecule has 1 aliphatic rings. The first kappa shape index (κ1) is 13.6. The molecule has 1 amide bonds. The predicted octanol–water partition coefficient (Wildman–Crippen LogP) is 1.40. The number of carbonyl (C=O) groups excluding carboxylic acids is 1. The average molecular weight is 306 g/mol. The molecular formula is C13H14N4O3S. The molecule has 0 spiro atoms. The summed E-state index contributed by atoms with van der Waals surface area (Å²) in [6.07, 6.45) is 2.28. The summed E-state index contributed by atoms with van der Waals surface area (Å²) < 4.78 is 27.0. The van der Waals surface area contributed by atoms with Gasteiger partial charge in [0.25, 0.3) is 10.0 Å². The summed E-state index contributed by atoms with van der Waals surface area (Å²) in [7, 11) is -3.67. The normalized spacial score (nSPS) is 14.4. The molecule has 1 aromatic carbocycles. The number of amides is 1. The van der Waals surface area contributed by atoms with Crippen molar-refractivity contribution >= 4 is 27.3 Å². The molecule has 110 valence electrons. The Morgan fingerprint density at radius 3 is 2.81 bits per heavy atom. The van der Waals surface area contributed by atoms with Crippen molar-refractivity contribution in [1.82, 2.24) is 10.2 Å². The van der Waals surface area contributed by atoms with Gasteiger partial charge in [-0.3, -0.25) is 14.6 Å². The third-order valence-electron chi connectivity index (χ3n) is 3.33. The van der Waals surface area contributed by atoms with Gasteiger partial charge >= 0.3 is 0 Å². The van der Waals surface area contributed by atoms with Gasteiger partial charge in [0.15, 0.2) is 0 Å². The average Bonchev–Trinajstić information content (AvgIpc) is 2.86. The monoisotopic (exact) mass is 306 g/mol. The molecule has 21 heavy (non-hydrogen) atoms. The Kier molecular flexibility index (Phi) is 3.17. The molecule has 2 aromatic rings. The fraction of sp³-hybridized carbons (Fsp3) is 0.231. The number of rotatable bonds is 3. The number of H-pyrrole nitrogens is 1. The number of aromatic nitrogens is 2. The quantitative estimate of drug-likeness (QED) is 0.797. The van der Waals surface area contributed by atoms with Crippen molar-refractivity contribution in [3.05, 3.63) is 35.7 Å². The maximum absolute atomic E-state index is 12.3. The van der Waals surface area contributed by atoms with Crippen molar-refractivity contribution in [3.63, 3.8) is 0 Å². The Morgan fingerprint density at radius 2 is 2.10 bits per heavy atom. The Bertz CT molecular complexity index is 811. The number of anilines is 2. The smallest absolute Gasteiger partial charge is 0.265 e. The lowest BCUT2D eigenvalue weighted by atomic mass is 10.0. The molecule has 0 aliphatic carbocycles. The van der Waals surface area contributed by atoms with Crippen LogP contribution in [0.2, 0.25) is 0 Å². The van der Waals surface area contributed by atoms with Crippen LogP contribution in [0.4, 0.5) is 11.4 Å². The second kappa shape index (κ2) is 4.88. The van der Waals surface area contributed by atoms with Crippen LogP contribution in [0.15, 0.2) is 29.3 Å². The van der Waals surface area contributed by atoms with Gasteiger partial charge in [-0.25, -0.2) is 8.42 Å². The maximum Gasteiger partial charge on any atom is 0.265 e. The summed E-state index contributed by atoms with van der Waals surface area (Å²) >= 11 is 0. The molecule has 0 saturated carbocycles. The van der Waals surface area contributed by atoms with Gasteiger partial charge in [0.2, 0.25) is 5.91 Å². The van der Waals surface area contributed by atoms with E-state index in [2.05, 4.69) is 20.2 Å². The van der Waals surface area contributed by atoms with E-state index in [4.69, 9.17) is 0 Å². The van der Waals surface area contributed by atoms with E-state index >= 15 is 0 Å². The molecule has 0 atom stereocenters. The van der Waals surface area contributed by atoms with Gasteiger partial charge in [-0.05, 0) is 37.1 Å². The highest BCUT2D eigenvalue weighted by atomic mass is 32.2. The molecule has 0 bridgehead atoms. The number of nitrogens with one attached hydrogen (secondary N) is 3. The van der Waals surface area contributed by atoms with E-state index in [9.17, 15) is 13.2 Å². The molecule has 0 fully saturated rings. The maximum atomic E-state index is 12.3. The number of hydrogen-bond acceptors (Lipinski definition) is 4. The van der Waals surface area contributed by atoms with Crippen molar-refractivity contribution in [2.45, 2.75) is 24.7 Å². The second-order valence-corrected chi connectivity index (χ2v) is 6.54. The van der Waals surface area contributed by atoms with Crippen LogP contribution in [0.3, 0.4) is 0 Å². The fourth-order valence-electron chi connectivity index (χ4n) is 2.27. The Balaban J connectivity index is 1.89. The molecule has 0 radical (unpaired) electrons. The Hall–Kier alpha value is -2.35. The highest BCUT2D eigenvalue weighted by molar-refractivity contribution is 7.92. The summed E-state index contributed by atoms with van der Waals surface area (Å²) in [4.78, 5) is 11.4. The number of nitrogens with zero attached hydrogens (tertiary/aromatic N) is 1. The number of fused-ring (bicyclic) bond motifs is 1. The second-order valence-electron chi connectivity index (χ2n) is 4.88. The summed E-state index contributed by atoms with van der Waals surface area (Å²) in [5.74, 6) is -0.0233. The Labute approximate surface area is 121 Å². The van der Waals surface area contributed by atoms with Crippen LogP contribution in [-0.2, 0) is 21.2 Å². The third kappa shape index (κ3) is 2.62. The minimum atomic E-state index is -3.67. The molecule has 3 rings (SSSR count). The van der Waals surface area contributed by atoms with Crippen molar-refractivity contribution in [2.24, 2.45) is 0 Å². The van der Waals surface area contributed by atoms with Crippen LogP contribution in [-0.4, -0.2) is 24.5 Å². The van der Waals surface area contributed by atoms with E-state index in [1.807, 2.05) is 0 Å². The summed E-state index contributed by atoms with van der Waals surface area (Å²) in [5, 5.41) is 9.07. The lowest BCUT2D eigenvalue weighted by Crippen LogP contribution is -2.19. The summed E-state index contributed by atoms with van der Waals surface area (Å²) in [6, 6.07) is 5.06. The molecular weight excluding hydrogens is 292 g/mol. The number of hydrogen-bond donors (Lipinski definition) is 3. The number of carbonyl (C=O) groups is 1. The van der Waals surface area contributed by atoms with Gasteiger partial charge < -0.3 is 5.32 Å². The minimum absolute atomic E-state index is 0.0233. The summed E-state index contributed by atoms with van der Waals surface area (Å²) in [6.45, 7) is 1.64. The van der Waals surface area contributed by atoms with Gasteiger partial charge in [-0.1, -0.05) is 0 Å². The van der Waals surface area contributed by atoms with Gasteiger partial charge in [0.1, 0.15) is 4.90 Å². The SMILES string of the molecule is Cc1[nH]ncc1S(=O)(=O)Nc1ccc2c(c1)CCC(=O)N2. The molecule has 0 unspecified atom stereocenters. The van der Waals surface area contributed by atoms with Crippen LogP contribution in [0, 0.1) is 6.92 Å². The van der Waals surface area contributed by atoms with E-state index in [0.29, 0.717) is 24.2 Å². The first-order valence-electron chi connectivity index (χ1n) is 6.41. The van der Waals surface area contributed by atoms with Gasteiger partial charge in [0, 0.05) is 17.8 Å². The molecule has 7 nitrogen and oxygen atoms in total. The topological polar surface area (TPSA) is 104 Å². The predicted molar refractivity (Wildman–Crippen MR) is 77.5 cm³/mol. The van der Waals surface area contributed by atoms with Crippen LogP contribution < -0.4 is 10.0 Å². The zero-order chi connectivity index (χ0) is 15.0. The highest BCUT2D eigenvalue weighted by Crippen LogP contribution is 2.27. The largest absolute Gasteiger partial charge is 0.326 e. The van der Waals surface area contributed by atoms with E-state index in [-0.39, 0.29) is 10.8 Å². The van der Waals surface area contributed by atoms with Crippen LogP contribution in [0.1, 0.15) is 17.7 Å². The standard InChI is InChI=1S/C13H14N4O3S/c1-8-12(7-14-16-8)21(19,20)17-10-3-4-11-9(6-10)2-5-13(18)15-11/h3-4,6-7,17H,2,5H2,1H3,(H,14,16)(H,15,18). The van der Waals surface area contributed by atoms with E-state index in [0.717, 1.165) is 11.3 Å². The molecule has 2 heterocycles. The van der Waals surface area contributed by atoms with E-state index in [1.165, 1.54) is 6.20 Å². The number of benzene rings is 1. The summed E-state index contributed by atoms with van der Waals surface area (Å²) in [5.41, 5.74) is 2.59. The third-order valence-corrected chi connectivity index (χ3v) is 4.82. The van der Waals surface area contributed by atoms with Crippen LogP contribution >= 0.6 is 0 Å². The number of sulfonamides is 1. The van der Waals surface area contributed by atoms with Crippen molar-refractivity contribution < 1.29 is 13.2 Å². The number of aromatic amines is 1. The van der Waals surface area contributed by atoms with Gasteiger partial charge in [-0.2, -0.15) is 5.10 Å². The lowest BCUT2D eigenvalue weighted by molar-refractivity contribution is -0.116. The van der Waals surface area contributed by atoms with Gasteiger partial charge in [-0.15, -0.1) is 0 Å². The molecule has 1 aliphatic heterocycles.